The Hall–Kier alpha value is -5.06. The van der Waals surface area contributed by atoms with Gasteiger partial charge in [0.15, 0.2) is 23.0 Å². The highest BCUT2D eigenvalue weighted by atomic mass is 16.5. The second-order valence-electron chi connectivity index (χ2n) is 14.7. The van der Waals surface area contributed by atoms with Gasteiger partial charge in [-0.25, -0.2) is 0 Å². The van der Waals surface area contributed by atoms with E-state index in [4.69, 9.17) is 23.7 Å². The molecule has 274 valence electrons. The average molecular weight is 709 g/mol. The van der Waals surface area contributed by atoms with Crippen LogP contribution in [-0.4, -0.2) is 87.9 Å². The van der Waals surface area contributed by atoms with E-state index >= 15 is 0 Å². The number of unbranched alkanes of at least 4 members (excludes halogenated alkanes) is 2. The van der Waals surface area contributed by atoms with E-state index < -0.39 is 0 Å². The first kappa shape index (κ1) is 34.0. The summed E-state index contributed by atoms with van der Waals surface area (Å²) in [5.74, 6) is 3.18. The van der Waals surface area contributed by atoms with Crippen molar-refractivity contribution in [3.63, 3.8) is 0 Å². The Balaban J connectivity index is 0.842. The number of hydrogen-bond acceptors (Lipinski definition) is 9. The largest absolute Gasteiger partial charge is 0.497 e. The molecule has 2 amide bonds. The third kappa shape index (κ3) is 6.57. The lowest BCUT2D eigenvalue weighted by Crippen LogP contribution is -2.49. The summed E-state index contributed by atoms with van der Waals surface area (Å²) in [5.41, 5.74) is 5.35. The van der Waals surface area contributed by atoms with E-state index in [1.165, 1.54) is 19.3 Å². The molecule has 11 nitrogen and oxygen atoms in total. The highest BCUT2D eigenvalue weighted by molar-refractivity contribution is 6.03. The Labute approximate surface area is 305 Å². The smallest absolute Gasteiger partial charge is 0.260 e. The van der Waals surface area contributed by atoms with E-state index in [1.54, 1.807) is 27.4 Å². The van der Waals surface area contributed by atoms with Crippen molar-refractivity contribution >= 4 is 28.8 Å². The van der Waals surface area contributed by atoms with E-state index in [9.17, 15) is 9.59 Å². The normalized spacial score (nSPS) is 20.9. The topological polar surface area (TPSA) is 111 Å². The van der Waals surface area contributed by atoms with Gasteiger partial charge in [-0.2, -0.15) is 0 Å². The highest BCUT2D eigenvalue weighted by Gasteiger charge is 2.50. The molecular formula is C41H48N4O7. The number of amides is 2. The van der Waals surface area contributed by atoms with E-state index in [-0.39, 0.29) is 23.9 Å². The quantitative estimate of drug-likeness (QED) is 0.196. The number of fused-ring (bicyclic) bond motifs is 4. The van der Waals surface area contributed by atoms with Gasteiger partial charge in [0, 0.05) is 44.0 Å². The maximum Gasteiger partial charge on any atom is 0.260 e. The van der Waals surface area contributed by atoms with Gasteiger partial charge < -0.3 is 44.1 Å². The number of rotatable bonds is 12. The zero-order chi connectivity index (χ0) is 35.8. The third-order valence-electron chi connectivity index (χ3n) is 11.4. The van der Waals surface area contributed by atoms with Gasteiger partial charge in [0.1, 0.15) is 5.75 Å². The van der Waals surface area contributed by atoms with Crippen molar-refractivity contribution in [1.29, 1.82) is 0 Å². The average Bonchev–Trinajstić information content (AvgIpc) is 3.85. The van der Waals surface area contributed by atoms with Gasteiger partial charge in [-0.15, -0.1) is 0 Å². The fourth-order valence-corrected chi connectivity index (χ4v) is 8.11. The maximum atomic E-state index is 13.7. The highest BCUT2D eigenvalue weighted by Crippen LogP contribution is 2.54. The fraction of sp³-hybridized carbons (Fsp3) is 0.463. The molecule has 1 aliphatic carbocycles. The summed E-state index contributed by atoms with van der Waals surface area (Å²) in [6, 6.07) is 15.6. The molecule has 2 N–H and O–H groups in total. The minimum atomic E-state index is -0.0610. The van der Waals surface area contributed by atoms with Gasteiger partial charge in [-0.05, 0) is 92.2 Å². The van der Waals surface area contributed by atoms with E-state index in [1.807, 2.05) is 53.6 Å². The number of benzene rings is 3. The minimum Gasteiger partial charge on any atom is -0.497 e. The SMILES string of the molecule is COc1ccc(C2=CN3C(=O)c4cc(OC)c(OCCCCCOc5cc6c(cc5OC)C(=O)N5CC7(CCC5CN6)CC7)cc4NCC3C2)cc1. The monoisotopic (exact) mass is 708 g/mol. The first-order valence-electron chi connectivity index (χ1n) is 18.5. The number of nitrogens with one attached hydrogen (secondary N) is 2. The molecule has 2 unspecified atom stereocenters. The van der Waals surface area contributed by atoms with Crippen LogP contribution in [-0.2, 0) is 0 Å². The summed E-state index contributed by atoms with van der Waals surface area (Å²) in [4.78, 5) is 31.3. The molecule has 0 aromatic heterocycles. The first-order chi connectivity index (χ1) is 25.4. The van der Waals surface area contributed by atoms with Gasteiger partial charge in [0.25, 0.3) is 11.8 Å². The predicted octanol–water partition coefficient (Wildman–Crippen LogP) is 6.83. The molecule has 5 aliphatic rings. The van der Waals surface area contributed by atoms with Crippen LogP contribution in [0.15, 0.2) is 54.7 Å². The lowest BCUT2D eigenvalue weighted by atomic mass is 9.90. The predicted molar refractivity (Wildman–Crippen MR) is 199 cm³/mol. The lowest BCUT2D eigenvalue weighted by Gasteiger charge is -2.39. The minimum absolute atomic E-state index is 0.0104. The van der Waals surface area contributed by atoms with Gasteiger partial charge >= 0.3 is 0 Å². The van der Waals surface area contributed by atoms with Gasteiger partial charge in [0.05, 0.1) is 63.1 Å². The van der Waals surface area contributed by atoms with Crippen LogP contribution in [0.4, 0.5) is 11.4 Å². The molecule has 4 heterocycles. The summed E-state index contributed by atoms with van der Waals surface area (Å²) < 4.78 is 29.0. The van der Waals surface area contributed by atoms with Crippen molar-refractivity contribution in [1.82, 2.24) is 9.80 Å². The standard InChI is InChI=1S/C41H48N4O7/c1-48-30-9-7-26(8-10-30)27-17-29-23-43-33-20-37(35(49-2)18-31(33)39(46)44(29)24-27)51-15-5-4-6-16-52-38-21-34-32(19-36(38)50-3)40(47)45-25-41(13-14-41)12-11-28(45)22-42-34/h7-10,18-21,24,28-29,42-43H,4-6,11-17,22-23,25H2,1-3H3. The van der Waals surface area contributed by atoms with Crippen molar-refractivity contribution in [3.8, 4) is 28.7 Å². The molecule has 3 aromatic rings. The summed E-state index contributed by atoms with van der Waals surface area (Å²) in [5, 5.41) is 7.02. The zero-order valence-electron chi connectivity index (χ0n) is 30.3. The number of carbonyl (C=O) groups is 2. The van der Waals surface area contributed by atoms with Crippen molar-refractivity contribution in [2.75, 3.05) is 64.8 Å². The number of methoxy groups -OCH3 is 3. The molecule has 52 heavy (non-hydrogen) atoms. The number of piperidine rings is 1. The fourth-order valence-electron chi connectivity index (χ4n) is 8.11. The molecule has 3 aromatic carbocycles. The van der Waals surface area contributed by atoms with Crippen molar-refractivity contribution in [3.05, 3.63) is 71.4 Å². The molecule has 0 radical (unpaired) electrons. The van der Waals surface area contributed by atoms with Gasteiger partial charge in [0.2, 0.25) is 0 Å². The van der Waals surface area contributed by atoms with Crippen LogP contribution in [0.1, 0.15) is 77.6 Å². The zero-order valence-corrected chi connectivity index (χ0v) is 30.3. The van der Waals surface area contributed by atoms with Crippen LogP contribution in [0, 0.1) is 5.41 Å². The van der Waals surface area contributed by atoms with E-state index in [0.717, 1.165) is 73.5 Å². The Kier molecular flexibility index (Phi) is 9.27. The molecular weight excluding hydrogens is 660 g/mol. The number of anilines is 2. The first-order valence-corrected chi connectivity index (χ1v) is 18.5. The molecule has 1 saturated heterocycles. The Morgan fingerprint density at radius 1 is 0.712 bits per heavy atom. The van der Waals surface area contributed by atoms with Crippen LogP contribution in [0.3, 0.4) is 0 Å². The molecule has 2 atom stereocenters. The van der Waals surface area contributed by atoms with Crippen molar-refractivity contribution in [2.24, 2.45) is 5.41 Å². The van der Waals surface area contributed by atoms with E-state index in [2.05, 4.69) is 15.5 Å². The van der Waals surface area contributed by atoms with Crippen LogP contribution in [0.5, 0.6) is 28.7 Å². The molecule has 11 heteroatoms. The molecule has 8 rings (SSSR count). The summed E-state index contributed by atoms with van der Waals surface area (Å²) in [7, 11) is 4.87. The van der Waals surface area contributed by atoms with E-state index in [0.29, 0.717) is 59.3 Å². The number of hydrogen-bond donors (Lipinski definition) is 2. The number of carbonyl (C=O) groups excluding carboxylic acids is 2. The molecule has 4 aliphatic heterocycles. The molecule has 2 fully saturated rings. The number of ether oxygens (including phenoxy) is 5. The second kappa shape index (κ2) is 14.2. The van der Waals surface area contributed by atoms with Crippen LogP contribution < -0.4 is 34.3 Å². The maximum absolute atomic E-state index is 13.7. The van der Waals surface area contributed by atoms with Crippen LogP contribution in [0.25, 0.3) is 5.57 Å². The van der Waals surface area contributed by atoms with Gasteiger partial charge in [-0.1, -0.05) is 12.1 Å². The van der Waals surface area contributed by atoms with Crippen LogP contribution >= 0.6 is 0 Å². The Morgan fingerprint density at radius 3 is 1.92 bits per heavy atom. The second-order valence-corrected chi connectivity index (χ2v) is 14.7. The van der Waals surface area contributed by atoms with Crippen molar-refractivity contribution in [2.45, 2.75) is 63.5 Å². The summed E-state index contributed by atoms with van der Waals surface area (Å²) in [6.45, 7) is 3.26. The molecule has 0 bridgehead atoms. The van der Waals surface area contributed by atoms with Crippen LogP contribution in [0.2, 0.25) is 0 Å². The molecule has 1 spiro atoms. The van der Waals surface area contributed by atoms with Crippen molar-refractivity contribution < 1.29 is 33.3 Å². The third-order valence-corrected chi connectivity index (χ3v) is 11.4. The summed E-state index contributed by atoms with van der Waals surface area (Å²) >= 11 is 0. The lowest BCUT2D eigenvalue weighted by molar-refractivity contribution is 0.0532. The summed E-state index contributed by atoms with van der Waals surface area (Å²) in [6.07, 6.45) is 10.0. The molecule has 1 saturated carbocycles. The van der Waals surface area contributed by atoms with Gasteiger partial charge in [-0.3, -0.25) is 9.59 Å². The Morgan fingerprint density at radius 2 is 1.33 bits per heavy atom. The number of nitrogens with zero attached hydrogens (tertiary/aromatic N) is 2. The Bertz CT molecular complexity index is 1870.